The molecule has 0 saturated heterocycles. The van der Waals surface area contributed by atoms with Crippen LogP contribution >= 0.6 is 0 Å². The van der Waals surface area contributed by atoms with Crippen LogP contribution < -0.4 is 5.73 Å². The minimum absolute atomic E-state index is 0.137. The smallest absolute Gasteiger partial charge is 0.358 e. The van der Waals surface area contributed by atoms with Gasteiger partial charge in [0.15, 0.2) is 0 Å². The molecule has 6 heteroatoms. The molecule has 0 aliphatic heterocycles. The molecule has 1 rings (SSSR count). The summed E-state index contributed by atoms with van der Waals surface area (Å²) >= 11 is 0. The lowest BCUT2D eigenvalue weighted by atomic mass is 10.3. The number of aromatic nitrogens is 2. The van der Waals surface area contributed by atoms with E-state index >= 15 is 0 Å². The van der Waals surface area contributed by atoms with Crippen LogP contribution in [0, 0.1) is 10.1 Å². The fourth-order valence-electron chi connectivity index (χ4n) is 0.842. The molecule has 0 aromatic carbocycles. The third-order valence-corrected chi connectivity index (χ3v) is 1.42. The van der Waals surface area contributed by atoms with Crippen LogP contribution in [0.2, 0.25) is 0 Å². The van der Waals surface area contributed by atoms with Gasteiger partial charge in [-0.2, -0.15) is 0 Å². The van der Waals surface area contributed by atoms with Gasteiger partial charge in [-0.05, 0) is 22.9 Å². The number of nitrogens with one attached hydrogen (secondary N) is 1. The maximum Gasteiger partial charge on any atom is 0.381 e. The van der Waals surface area contributed by atoms with Gasteiger partial charge in [-0.15, -0.1) is 0 Å². The van der Waals surface area contributed by atoms with Crippen molar-refractivity contribution in [2.24, 2.45) is 5.73 Å². The van der Waals surface area contributed by atoms with Crippen molar-refractivity contribution in [1.82, 2.24) is 9.97 Å². The quantitative estimate of drug-likeness (QED) is 0.498. The van der Waals surface area contributed by atoms with Crippen molar-refractivity contribution in [3.8, 4) is 0 Å². The number of nitrogens with zero attached hydrogens (tertiary/aromatic N) is 2. The Morgan fingerprint density at radius 2 is 2.50 bits per heavy atom. The molecule has 0 bridgehead atoms. The first-order valence-corrected chi connectivity index (χ1v) is 3.63. The highest BCUT2D eigenvalue weighted by Crippen LogP contribution is 2.06. The van der Waals surface area contributed by atoms with Gasteiger partial charge < -0.3 is 20.8 Å². The fourth-order valence-corrected chi connectivity index (χ4v) is 0.842. The second kappa shape index (κ2) is 3.82. The van der Waals surface area contributed by atoms with Crippen LogP contribution in [-0.2, 0) is 6.42 Å². The standard InChI is InChI=1S/C6H10N4O2/c7-3-1-2-5-8-4-6(9-5)10(11)12/h4H,1-3,7H2,(H,8,9). The van der Waals surface area contributed by atoms with E-state index < -0.39 is 4.92 Å². The van der Waals surface area contributed by atoms with E-state index in [0.717, 1.165) is 6.42 Å². The third-order valence-electron chi connectivity index (χ3n) is 1.42. The third kappa shape index (κ3) is 2.03. The van der Waals surface area contributed by atoms with E-state index in [2.05, 4.69) is 9.97 Å². The number of rotatable bonds is 4. The van der Waals surface area contributed by atoms with Gasteiger partial charge in [-0.3, -0.25) is 0 Å². The van der Waals surface area contributed by atoms with Crippen molar-refractivity contribution >= 4 is 5.82 Å². The topological polar surface area (TPSA) is 97.8 Å². The summed E-state index contributed by atoms with van der Waals surface area (Å²) in [7, 11) is 0. The summed E-state index contributed by atoms with van der Waals surface area (Å²) in [4.78, 5) is 16.1. The number of hydrogen-bond donors (Lipinski definition) is 2. The van der Waals surface area contributed by atoms with Crippen LogP contribution in [0.25, 0.3) is 0 Å². The molecule has 0 unspecified atom stereocenters. The van der Waals surface area contributed by atoms with Crippen molar-refractivity contribution in [1.29, 1.82) is 0 Å². The average Bonchev–Trinajstić information content (AvgIpc) is 2.48. The summed E-state index contributed by atoms with van der Waals surface area (Å²) < 4.78 is 0. The zero-order valence-corrected chi connectivity index (χ0v) is 6.49. The molecule has 0 atom stereocenters. The molecule has 0 aliphatic rings. The van der Waals surface area contributed by atoms with E-state index in [1.54, 1.807) is 0 Å². The summed E-state index contributed by atoms with van der Waals surface area (Å²) in [5, 5.41) is 10.2. The van der Waals surface area contributed by atoms with E-state index in [-0.39, 0.29) is 5.82 Å². The molecule has 0 amide bonds. The molecule has 0 fully saturated rings. The second-order valence-electron chi connectivity index (χ2n) is 2.35. The van der Waals surface area contributed by atoms with Crippen molar-refractivity contribution < 1.29 is 4.92 Å². The number of H-pyrrole nitrogens is 1. The molecule has 0 saturated carbocycles. The van der Waals surface area contributed by atoms with Gasteiger partial charge in [0.05, 0.1) is 0 Å². The van der Waals surface area contributed by atoms with Crippen LogP contribution in [0.15, 0.2) is 6.20 Å². The monoisotopic (exact) mass is 170 g/mol. The van der Waals surface area contributed by atoms with Crippen molar-refractivity contribution in [3.63, 3.8) is 0 Å². The van der Waals surface area contributed by atoms with Crippen LogP contribution in [0.3, 0.4) is 0 Å². The van der Waals surface area contributed by atoms with Gasteiger partial charge >= 0.3 is 5.82 Å². The first-order valence-electron chi connectivity index (χ1n) is 3.63. The van der Waals surface area contributed by atoms with Crippen LogP contribution in [0.4, 0.5) is 5.82 Å². The molecule has 1 aromatic heterocycles. The lowest BCUT2D eigenvalue weighted by Crippen LogP contribution is -2.01. The number of nitrogens with two attached hydrogens (primary N) is 1. The summed E-state index contributed by atoms with van der Waals surface area (Å²) in [5.74, 6) is 0.481. The van der Waals surface area contributed by atoms with Crippen molar-refractivity contribution in [2.75, 3.05) is 6.54 Å². The fraction of sp³-hybridized carbons (Fsp3) is 0.500. The predicted molar refractivity (Wildman–Crippen MR) is 42.6 cm³/mol. The van der Waals surface area contributed by atoms with Gasteiger partial charge in [-0.25, -0.2) is 0 Å². The number of aromatic amines is 1. The van der Waals surface area contributed by atoms with E-state index in [1.165, 1.54) is 6.20 Å². The number of nitro groups is 1. The van der Waals surface area contributed by atoms with E-state index in [0.29, 0.717) is 18.8 Å². The maximum absolute atomic E-state index is 10.2. The zero-order chi connectivity index (χ0) is 8.97. The molecule has 3 N–H and O–H groups in total. The number of aryl methyl sites for hydroxylation is 1. The zero-order valence-electron chi connectivity index (χ0n) is 6.49. The molecule has 6 nitrogen and oxygen atoms in total. The van der Waals surface area contributed by atoms with Crippen LogP contribution in [0.1, 0.15) is 12.2 Å². The normalized spacial score (nSPS) is 10.1. The van der Waals surface area contributed by atoms with Gasteiger partial charge in [-0.1, -0.05) is 0 Å². The molecule has 66 valence electrons. The van der Waals surface area contributed by atoms with Crippen LogP contribution in [0.5, 0.6) is 0 Å². The van der Waals surface area contributed by atoms with Gasteiger partial charge in [0.1, 0.15) is 6.20 Å². The van der Waals surface area contributed by atoms with E-state index in [1.807, 2.05) is 0 Å². The average molecular weight is 170 g/mol. The van der Waals surface area contributed by atoms with Crippen molar-refractivity contribution in [3.05, 3.63) is 22.1 Å². The minimum atomic E-state index is -0.525. The maximum atomic E-state index is 10.2. The lowest BCUT2D eigenvalue weighted by molar-refractivity contribution is -0.389. The van der Waals surface area contributed by atoms with E-state index in [9.17, 15) is 10.1 Å². The largest absolute Gasteiger partial charge is 0.381 e. The highest BCUT2D eigenvalue weighted by atomic mass is 16.6. The molecule has 12 heavy (non-hydrogen) atoms. The van der Waals surface area contributed by atoms with Gasteiger partial charge in [0, 0.05) is 6.42 Å². The molecule has 0 spiro atoms. The second-order valence-corrected chi connectivity index (χ2v) is 2.35. The Kier molecular flexibility index (Phi) is 2.76. The Morgan fingerprint density at radius 1 is 1.75 bits per heavy atom. The summed E-state index contributed by atoms with van der Waals surface area (Å²) in [6, 6.07) is 0. The van der Waals surface area contributed by atoms with Crippen LogP contribution in [-0.4, -0.2) is 21.4 Å². The SMILES string of the molecule is NCCCc1nc([N+](=O)[O-])c[nH]1. The highest BCUT2D eigenvalue weighted by molar-refractivity contribution is 5.14. The van der Waals surface area contributed by atoms with E-state index in [4.69, 9.17) is 5.73 Å². The Hall–Kier alpha value is -1.43. The Labute approximate surface area is 68.9 Å². The Bertz CT molecular complexity index is 270. The lowest BCUT2D eigenvalue weighted by Gasteiger charge is -1.86. The summed E-state index contributed by atoms with van der Waals surface area (Å²) in [5.41, 5.74) is 5.27. The predicted octanol–water partition coefficient (Wildman–Crippen LogP) is 0.209. The number of hydrogen-bond acceptors (Lipinski definition) is 4. The Morgan fingerprint density at radius 3 is 3.00 bits per heavy atom. The Balaban J connectivity index is 2.58. The molecule has 0 radical (unpaired) electrons. The molecule has 1 aromatic rings. The molecular weight excluding hydrogens is 160 g/mol. The van der Waals surface area contributed by atoms with Gasteiger partial charge in [0.2, 0.25) is 5.82 Å². The molecule has 1 heterocycles. The van der Waals surface area contributed by atoms with Crippen molar-refractivity contribution in [2.45, 2.75) is 12.8 Å². The first-order chi connectivity index (χ1) is 5.74. The van der Waals surface area contributed by atoms with Gasteiger partial charge in [0.25, 0.3) is 0 Å². The molecular formula is C6H10N4O2. The molecule has 0 aliphatic carbocycles. The first kappa shape index (κ1) is 8.66. The summed E-state index contributed by atoms with van der Waals surface area (Å²) in [6.45, 7) is 0.564. The summed E-state index contributed by atoms with van der Waals surface area (Å²) in [6.07, 6.45) is 2.72. The number of imidazole rings is 1. The highest BCUT2D eigenvalue weighted by Gasteiger charge is 2.11. The minimum Gasteiger partial charge on any atom is -0.358 e.